The molecule has 1 heterocycles. The van der Waals surface area contributed by atoms with Crippen LogP contribution in [0, 0.1) is 11.3 Å². The molecule has 3 rings (SSSR count). The first-order valence-corrected chi connectivity index (χ1v) is 11.5. The number of ketones is 1. The topological polar surface area (TPSA) is 62.1 Å². The Labute approximate surface area is 192 Å². The van der Waals surface area contributed by atoms with Gasteiger partial charge in [0.2, 0.25) is 0 Å². The number of ether oxygens (including phenoxy) is 1. The van der Waals surface area contributed by atoms with Crippen LogP contribution < -0.4 is 10.1 Å². The van der Waals surface area contributed by atoms with Gasteiger partial charge in [-0.15, -0.1) is 11.8 Å². The van der Waals surface area contributed by atoms with Crippen molar-refractivity contribution in [2.24, 2.45) is 0 Å². The van der Waals surface area contributed by atoms with E-state index in [-0.39, 0.29) is 12.2 Å². The number of nitriles is 1. The second kappa shape index (κ2) is 10.6. The third-order valence-corrected chi connectivity index (χ3v) is 6.73. The molecule has 1 atom stereocenters. The highest BCUT2D eigenvalue weighted by atomic mass is 35.5. The van der Waals surface area contributed by atoms with Crippen LogP contribution in [-0.2, 0) is 11.2 Å². The molecule has 0 saturated heterocycles. The van der Waals surface area contributed by atoms with Gasteiger partial charge in [-0.2, -0.15) is 5.26 Å². The van der Waals surface area contributed by atoms with Gasteiger partial charge in [0.1, 0.15) is 5.75 Å². The van der Waals surface area contributed by atoms with Crippen LogP contribution in [0.4, 0.5) is 0 Å². The van der Waals surface area contributed by atoms with Gasteiger partial charge < -0.3 is 10.1 Å². The van der Waals surface area contributed by atoms with Crippen LogP contribution in [0.2, 0.25) is 5.02 Å². The number of benzene rings is 2. The van der Waals surface area contributed by atoms with E-state index in [1.807, 2.05) is 49.4 Å². The summed E-state index contributed by atoms with van der Waals surface area (Å²) in [6, 6.07) is 17.3. The van der Waals surface area contributed by atoms with Crippen molar-refractivity contribution in [2.45, 2.75) is 32.6 Å². The zero-order chi connectivity index (χ0) is 22.4. The summed E-state index contributed by atoms with van der Waals surface area (Å²) >= 11 is 8.14. The molecule has 4 nitrogen and oxygen atoms in total. The Balaban J connectivity index is 2.09. The van der Waals surface area contributed by atoms with E-state index in [2.05, 4.69) is 18.3 Å². The molecule has 160 valence electrons. The van der Waals surface area contributed by atoms with Gasteiger partial charge in [-0.05, 0) is 36.8 Å². The van der Waals surface area contributed by atoms with Crippen LogP contribution in [0.15, 0.2) is 70.4 Å². The fourth-order valence-electron chi connectivity index (χ4n) is 3.74. The predicted octanol–water partition coefficient (Wildman–Crippen LogP) is 6.00. The van der Waals surface area contributed by atoms with Gasteiger partial charge in [0.05, 0.1) is 29.7 Å². The molecule has 0 radical (unpaired) electrons. The van der Waals surface area contributed by atoms with Crippen LogP contribution >= 0.6 is 23.4 Å². The number of halogens is 1. The summed E-state index contributed by atoms with van der Waals surface area (Å²) < 4.78 is 5.42. The minimum atomic E-state index is -0.512. The molecule has 2 aromatic carbocycles. The average molecular weight is 453 g/mol. The molecule has 0 fully saturated rings. The Morgan fingerprint density at radius 1 is 1.23 bits per heavy atom. The molecule has 0 bridgehead atoms. The minimum absolute atomic E-state index is 0.0632. The van der Waals surface area contributed by atoms with Gasteiger partial charge in [-0.3, -0.25) is 4.79 Å². The molecule has 1 aliphatic heterocycles. The van der Waals surface area contributed by atoms with Gasteiger partial charge in [0.25, 0.3) is 0 Å². The monoisotopic (exact) mass is 452 g/mol. The van der Waals surface area contributed by atoms with Crippen molar-refractivity contribution in [3.63, 3.8) is 0 Å². The fourth-order valence-corrected chi connectivity index (χ4v) is 4.94. The van der Waals surface area contributed by atoms with Crippen molar-refractivity contribution in [1.82, 2.24) is 5.32 Å². The first-order valence-electron chi connectivity index (χ1n) is 10.2. The van der Waals surface area contributed by atoms with Crippen molar-refractivity contribution in [3.8, 4) is 11.8 Å². The number of dihydropyridines is 1. The minimum Gasteiger partial charge on any atom is -0.496 e. The highest BCUT2D eigenvalue weighted by molar-refractivity contribution is 8.03. The Morgan fingerprint density at radius 3 is 2.61 bits per heavy atom. The van der Waals surface area contributed by atoms with Gasteiger partial charge >= 0.3 is 0 Å². The third kappa shape index (κ3) is 4.98. The number of hydrogen-bond acceptors (Lipinski definition) is 5. The van der Waals surface area contributed by atoms with E-state index in [1.54, 1.807) is 24.9 Å². The fraction of sp³-hybridized carbons (Fsp3) is 0.280. The number of Topliss-reactive ketones (excluding diaryl/α,β-unsaturated/α-hetero) is 1. The van der Waals surface area contributed by atoms with E-state index in [9.17, 15) is 10.1 Å². The quantitative estimate of drug-likeness (QED) is 0.532. The maximum Gasteiger partial charge on any atom is 0.166 e. The second-order valence-corrected chi connectivity index (χ2v) is 8.75. The van der Waals surface area contributed by atoms with Gasteiger partial charge in [-0.1, -0.05) is 54.9 Å². The highest BCUT2D eigenvalue weighted by Gasteiger charge is 2.35. The Kier molecular flexibility index (Phi) is 7.84. The lowest BCUT2D eigenvalue weighted by Gasteiger charge is -2.30. The summed E-state index contributed by atoms with van der Waals surface area (Å²) in [4.78, 5) is 13.6. The largest absolute Gasteiger partial charge is 0.496 e. The number of para-hydroxylation sites is 1. The number of thioether (sulfide) groups is 1. The maximum atomic E-state index is 13.6. The van der Waals surface area contributed by atoms with E-state index < -0.39 is 5.92 Å². The molecule has 0 saturated carbocycles. The summed E-state index contributed by atoms with van der Waals surface area (Å²) in [6.07, 6.45) is 1.16. The van der Waals surface area contributed by atoms with Crippen molar-refractivity contribution < 1.29 is 9.53 Å². The van der Waals surface area contributed by atoms with E-state index in [0.717, 1.165) is 34.0 Å². The summed E-state index contributed by atoms with van der Waals surface area (Å²) in [7, 11) is 1.59. The van der Waals surface area contributed by atoms with Gasteiger partial charge in [-0.25, -0.2) is 0 Å². The normalized spacial score (nSPS) is 16.0. The summed E-state index contributed by atoms with van der Waals surface area (Å²) in [5.74, 6) is 0.969. The number of nitrogens with zero attached hydrogens (tertiary/aromatic N) is 1. The lowest BCUT2D eigenvalue weighted by Crippen LogP contribution is -2.29. The van der Waals surface area contributed by atoms with Crippen LogP contribution in [0.5, 0.6) is 5.75 Å². The third-order valence-electron chi connectivity index (χ3n) is 5.16. The number of hydrogen-bond donors (Lipinski definition) is 1. The van der Waals surface area contributed by atoms with E-state index in [1.165, 1.54) is 0 Å². The number of allylic oxidation sites excluding steroid dienone is 3. The molecule has 1 unspecified atom stereocenters. The average Bonchev–Trinajstić information content (AvgIpc) is 2.77. The molecule has 0 aliphatic carbocycles. The standard InChI is InChI=1S/C25H25ClN2O2S/c1-4-13-31-25-19(15-27)24(18-10-6-7-11-20(18)26)23(16(2)28-25)21(29)14-17-9-5-8-12-22(17)30-3/h5-12,24,28H,4,13-14H2,1-3H3. The molecule has 1 aliphatic rings. The molecular weight excluding hydrogens is 428 g/mol. The first-order chi connectivity index (χ1) is 15.0. The van der Waals surface area contributed by atoms with Crippen LogP contribution in [0.1, 0.15) is 37.3 Å². The van der Waals surface area contributed by atoms with E-state index in [4.69, 9.17) is 16.3 Å². The Hall–Kier alpha value is -2.68. The number of carbonyl (C=O) groups is 1. The Morgan fingerprint density at radius 2 is 1.94 bits per heavy atom. The van der Waals surface area contributed by atoms with Crippen molar-refractivity contribution in [2.75, 3.05) is 12.9 Å². The van der Waals surface area contributed by atoms with Crippen molar-refractivity contribution in [1.29, 1.82) is 5.26 Å². The van der Waals surface area contributed by atoms with E-state index in [0.29, 0.717) is 21.9 Å². The maximum absolute atomic E-state index is 13.6. The molecule has 0 spiro atoms. The zero-order valence-corrected chi connectivity index (χ0v) is 19.4. The molecular formula is C25H25ClN2O2S. The van der Waals surface area contributed by atoms with E-state index >= 15 is 0 Å². The number of nitrogens with one attached hydrogen (secondary N) is 1. The smallest absolute Gasteiger partial charge is 0.166 e. The predicted molar refractivity (Wildman–Crippen MR) is 127 cm³/mol. The summed E-state index contributed by atoms with van der Waals surface area (Å²) in [5.41, 5.74) is 3.42. The lowest BCUT2D eigenvalue weighted by atomic mass is 9.79. The van der Waals surface area contributed by atoms with Crippen LogP contribution in [-0.4, -0.2) is 18.6 Å². The molecule has 2 aromatic rings. The number of methoxy groups -OCH3 is 1. The number of carbonyl (C=O) groups excluding carboxylic acids is 1. The first kappa shape index (κ1) is 23.0. The molecule has 6 heteroatoms. The summed E-state index contributed by atoms with van der Waals surface area (Å²) in [5, 5.41) is 14.7. The second-order valence-electron chi connectivity index (χ2n) is 7.23. The van der Waals surface area contributed by atoms with Crippen LogP contribution in [0.25, 0.3) is 0 Å². The van der Waals surface area contributed by atoms with Crippen molar-refractivity contribution >= 4 is 29.1 Å². The van der Waals surface area contributed by atoms with Gasteiger partial charge in [0.15, 0.2) is 5.78 Å². The molecule has 0 aromatic heterocycles. The molecule has 0 amide bonds. The van der Waals surface area contributed by atoms with Crippen molar-refractivity contribution in [3.05, 3.63) is 86.6 Å². The highest BCUT2D eigenvalue weighted by Crippen LogP contribution is 2.43. The lowest BCUT2D eigenvalue weighted by molar-refractivity contribution is -0.115. The molecule has 1 N–H and O–H groups in total. The Bertz CT molecular complexity index is 1080. The zero-order valence-electron chi connectivity index (χ0n) is 17.9. The molecule has 31 heavy (non-hydrogen) atoms. The van der Waals surface area contributed by atoms with Gasteiger partial charge in [0, 0.05) is 28.3 Å². The SMILES string of the molecule is CCCSC1=C(C#N)C(c2ccccc2Cl)C(C(=O)Cc2ccccc2OC)=C(C)N1. The van der Waals surface area contributed by atoms with Crippen LogP contribution in [0.3, 0.4) is 0 Å². The summed E-state index contributed by atoms with van der Waals surface area (Å²) in [6.45, 7) is 3.98. The number of rotatable bonds is 8.